The highest BCUT2D eigenvalue weighted by Gasteiger charge is 2.14. The summed E-state index contributed by atoms with van der Waals surface area (Å²) >= 11 is 0. The monoisotopic (exact) mass is 361 g/mol. The van der Waals surface area contributed by atoms with Gasteiger partial charge < -0.3 is 5.32 Å². The third-order valence-electron chi connectivity index (χ3n) is 3.27. The summed E-state index contributed by atoms with van der Waals surface area (Å²) in [5.74, 6) is -1.30. The molecular formula is C17H13F2N3O2S. The van der Waals surface area contributed by atoms with E-state index in [4.69, 9.17) is 0 Å². The molecule has 0 bridgehead atoms. The second kappa shape index (κ2) is 6.86. The van der Waals surface area contributed by atoms with Crippen molar-refractivity contribution in [1.82, 2.24) is 4.98 Å². The summed E-state index contributed by atoms with van der Waals surface area (Å²) in [5, 5.41) is 2.74. The SMILES string of the molecule is O=S(=O)(Nc1ccc(Nc2ccc(F)cc2F)cn1)c1ccccc1. The predicted octanol–water partition coefficient (Wildman–Crippen LogP) is 3.90. The first-order valence-corrected chi connectivity index (χ1v) is 8.68. The molecule has 0 spiro atoms. The Hall–Kier alpha value is -3.00. The van der Waals surface area contributed by atoms with Crippen LogP contribution in [0.25, 0.3) is 0 Å². The van der Waals surface area contributed by atoms with E-state index in [1.165, 1.54) is 36.5 Å². The first-order valence-electron chi connectivity index (χ1n) is 7.20. The summed E-state index contributed by atoms with van der Waals surface area (Å²) in [5.41, 5.74) is 0.508. The summed E-state index contributed by atoms with van der Waals surface area (Å²) in [6.07, 6.45) is 1.34. The standard InChI is InChI=1S/C17H13F2N3O2S/c18-12-6-8-16(15(19)10-12)21-13-7-9-17(20-11-13)22-25(23,24)14-4-2-1-3-5-14/h1-11,21H,(H,20,22). The Morgan fingerprint density at radius 2 is 1.68 bits per heavy atom. The molecule has 3 aromatic rings. The zero-order chi connectivity index (χ0) is 17.9. The molecular weight excluding hydrogens is 348 g/mol. The molecule has 0 radical (unpaired) electrons. The number of nitrogens with one attached hydrogen (secondary N) is 2. The average Bonchev–Trinajstić information content (AvgIpc) is 2.59. The number of nitrogens with zero attached hydrogens (tertiary/aromatic N) is 1. The van der Waals surface area contributed by atoms with Crippen molar-refractivity contribution in [3.63, 3.8) is 0 Å². The first kappa shape index (κ1) is 16.8. The molecule has 128 valence electrons. The van der Waals surface area contributed by atoms with Gasteiger partial charge in [0.2, 0.25) is 0 Å². The highest BCUT2D eigenvalue weighted by Crippen LogP contribution is 2.21. The van der Waals surface area contributed by atoms with Crippen molar-refractivity contribution >= 4 is 27.2 Å². The summed E-state index contributed by atoms with van der Waals surface area (Å²) < 4.78 is 53.3. The third-order valence-corrected chi connectivity index (χ3v) is 4.64. The molecule has 1 aromatic heterocycles. The molecule has 2 N–H and O–H groups in total. The van der Waals surface area contributed by atoms with Gasteiger partial charge in [-0.25, -0.2) is 22.2 Å². The number of benzene rings is 2. The minimum absolute atomic E-state index is 0.0841. The lowest BCUT2D eigenvalue weighted by Gasteiger charge is -2.10. The first-order chi connectivity index (χ1) is 11.9. The Balaban J connectivity index is 1.74. The average molecular weight is 361 g/mol. The molecule has 5 nitrogen and oxygen atoms in total. The van der Waals surface area contributed by atoms with Crippen LogP contribution in [0, 0.1) is 11.6 Å². The lowest BCUT2D eigenvalue weighted by Crippen LogP contribution is -2.13. The molecule has 0 aliphatic rings. The maximum atomic E-state index is 13.6. The third kappa shape index (κ3) is 4.10. The van der Waals surface area contributed by atoms with Crippen LogP contribution in [-0.4, -0.2) is 13.4 Å². The van der Waals surface area contributed by atoms with Gasteiger partial charge in [0.1, 0.15) is 17.5 Å². The molecule has 0 amide bonds. The Morgan fingerprint density at radius 3 is 2.32 bits per heavy atom. The van der Waals surface area contributed by atoms with E-state index in [2.05, 4.69) is 15.0 Å². The molecule has 0 aliphatic heterocycles. The van der Waals surface area contributed by atoms with E-state index < -0.39 is 21.7 Å². The summed E-state index contributed by atoms with van der Waals surface area (Å²) in [6, 6.07) is 14.0. The van der Waals surface area contributed by atoms with Crippen LogP contribution < -0.4 is 10.0 Å². The number of pyridine rings is 1. The fraction of sp³-hybridized carbons (Fsp3) is 0. The van der Waals surface area contributed by atoms with Gasteiger partial charge in [0.15, 0.2) is 0 Å². The van der Waals surface area contributed by atoms with Gasteiger partial charge in [0, 0.05) is 6.07 Å². The molecule has 2 aromatic carbocycles. The normalized spacial score (nSPS) is 11.1. The fourth-order valence-corrected chi connectivity index (χ4v) is 3.10. The lowest BCUT2D eigenvalue weighted by atomic mass is 10.3. The Kier molecular flexibility index (Phi) is 4.62. The van der Waals surface area contributed by atoms with E-state index in [9.17, 15) is 17.2 Å². The second-order valence-corrected chi connectivity index (χ2v) is 6.78. The van der Waals surface area contributed by atoms with Crippen LogP contribution in [0.4, 0.5) is 26.0 Å². The smallest absolute Gasteiger partial charge is 0.263 e. The molecule has 0 fully saturated rings. The van der Waals surface area contributed by atoms with Crippen LogP contribution in [0.2, 0.25) is 0 Å². The van der Waals surface area contributed by atoms with Crippen LogP contribution in [0.15, 0.2) is 71.8 Å². The van der Waals surface area contributed by atoms with Crippen molar-refractivity contribution in [2.45, 2.75) is 4.90 Å². The largest absolute Gasteiger partial charge is 0.352 e. The number of sulfonamides is 1. The van der Waals surface area contributed by atoms with Gasteiger partial charge >= 0.3 is 0 Å². The molecule has 1 heterocycles. The lowest BCUT2D eigenvalue weighted by molar-refractivity contribution is 0.586. The van der Waals surface area contributed by atoms with Gasteiger partial charge in [-0.1, -0.05) is 18.2 Å². The van der Waals surface area contributed by atoms with E-state index >= 15 is 0 Å². The van der Waals surface area contributed by atoms with Gasteiger partial charge in [0.05, 0.1) is 22.5 Å². The van der Waals surface area contributed by atoms with Crippen molar-refractivity contribution < 1.29 is 17.2 Å². The molecule has 0 saturated heterocycles. The van der Waals surface area contributed by atoms with Gasteiger partial charge in [-0.05, 0) is 36.4 Å². The van der Waals surface area contributed by atoms with Crippen molar-refractivity contribution in [3.8, 4) is 0 Å². The molecule has 8 heteroatoms. The van der Waals surface area contributed by atoms with Crippen molar-refractivity contribution in [2.24, 2.45) is 0 Å². The molecule has 0 aliphatic carbocycles. The number of hydrogen-bond donors (Lipinski definition) is 2. The van der Waals surface area contributed by atoms with Crippen molar-refractivity contribution in [3.05, 3.63) is 78.5 Å². The zero-order valence-corrected chi connectivity index (χ0v) is 13.6. The van der Waals surface area contributed by atoms with Crippen LogP contribution in [0.5, 0.6) is 0 Å². The molecule has 0 saturated carbocycles. The number of hydrogen-bond acceptors (Lipinski definition) is 4. The van der Waals surface area contributed by atoms with Crippen LogP contribution in [0.3, 0.4) is 0 Å². The van der Waals surface area contributed by atoms with Crippen LogP contribution >= 0.6 is 0 Å². The Bertz CT molecular complexity index is 979. The maximum absolute atomic E-state index is 13.6. The topological polar surface area (TPSA) is 71.1 Å². The molecule has 0 unspecified atom stereocenters. The Morgan fingerprint density at radius 1 is 0.920 bits per heavy atom. The number of halogens is 2. The maximum Gasteiger partial charge on any atom is 0.263 e. The van der Waals surface area contributed by atoms with Crippen molar-refractivity contribution in [1.29, 1.82) is 0 Å². The highest BCUT2D eigenvalue weighted by molar-refractivity contribution is 7.92. The van der Waals surface area contributed by atoms with E-state index in [1.807, 2.05) is 0 Å². The van der Waals surface area contributed by atoms with E-state index in [0.29, 0.717) is 5.69 Å². The molecule has 3 rings (SSSR count). The molecule has 25 heavy (non-hydrogen) atoms. The highest BCUT2D eigenvalue weighted by atomic mass is 32.2. The minimum atomic E-state index is -3.73. The summed E-state index contributed by atoms with van der Waals surface area (Å²) in [7, 11) is -3.73. The fourth-order valence-electron chi connectivity index (χ4n) is 2.07. The number of anilines is 3. The van der Waals surface area contributed by atoms with E-state index in [0.717, 1.165) is 12.1 Å². The quantitative estimate of drug-likeness (QED) is 0.723. The van der Waals surface area contributed by atoms with Crippen molar-refractivity contribution in [2.75, 3.05) is 10.0 Å². The van der Waals surface area contributed by atoms with Gasteiger partial charge in [0.25, 0.3) is 10.0 Å². The zero-order valence-electron chi connectivity index (χ0n) is 12.8. The van der Waals surface area contributed by atoms with Gasteiger partial charge in [-0.15, -0.1) is 0 Å². The van der Waals surface area contributed by atoms with Crippen LogP contribution in [0.1, 0.15) is 0 Å². The van der Waals surface area contributed by atoms with Gasteiger partial charge in [-0.2, -0.15) is 0 Å². The summed E-state index contributed by atoms with van der Waals surface area (Å²) in [4.78, 5) is 4.10. The Labute approximate surface area is 143 Å². The van der Waals surface area contributed by atoms with Crippen LogP contribution in [-0.2, 0) is 10.0 Å². The van der Waals surface area contributed by atoms with E-state index in [-0.39, 0.29) is 16.4 Å². The number of rotatable bonds is 5. The summed E-state index contributed by atoms with van der Waals surface area (Å²) in [6.45, 7) is 0. The number of aromatic nitrogens is 1. The van der Waals surface area contributed by atoms with E-state index in [1.54, 1.807) is 18.2 Å². The molecule has 0 atom stereocenters. The second-order valence-electron chi connectivity index (χ2n) is 5.10. The minimum Gasteiger partial charge on any atom is -0.352 e. The van der Waals surface area contributed by atoms with Gasteiger partial charge in [-0.3, -0.25) is 4.72 Å². The predicted molar refractivity (Wildman–Crippen MR) is 91.1 cm³/mol.